The summed E-state index contributed by atoms with van der Waals surface area (Å²) in [6, 6.07) is 1.59. The maximum Gasteiger partial charge on any atom is 0.150 e. The lowest BCUT2D eigenvalue weighted by molar-refractivity contribution is -0.914. The highest BCUT2D eigenvalue weighted by Crippen LogP contribution is 2.12. The third-order valence-electron chi connectivity index (χ3n) is 2.87. The summed E-state index contributed by atoms with van der Waals surface area (Å²) >= 11 is 0. The predicted octanol–water partition coefficient (Wildman–Crippen LogP) is 0.156. The van der Waals surface area contributed by atoms with Gasteiger partial charge in [-0.25, -0.2) is 0 Å². The lowest BCUT2D eigenvalue weighted by Crippen LogP contribution is -3.10. The van der Waals surface area contributed by atoms with E-state index in [0.29, 0.717) is 5.76 Å². The second-order valence-corrected chi connectivity index (χ2v) is 4.41. The number of rotatable bonds is 7. The van der Waals surface area contributed by atoms with E-state index in [0.717, 1.165) is 38.0 Å². The van der Waals surface area contributed by atoms with Gasteiger partial charge in [-0.2, -0.15) is 0 Å². The fourth-order valence-electron chi connectivity index (χ4n) is 2.07. The van der Waals surface area contributed by atoms with Gasteiger partial charge < -0.3 is 19.2 Å². The predicted molar refractivity (Wildman–Crippen MR) is 62.8 cm³/mol. The van der Waals surface area contributed by atoms with E-state index >= 15 is 0 Å². The summed E-state index contributed by atoms with van der Waals surface area (Å²) in [5.74, 6) is -0.620. The molecule has 96 valence electrons. The highest BCUT2D eigenvalue weighted by Gasteiger charge is 2.14. The minimum Gasteiger partial charge on any atom is -0.542 e. The fraction of sp³-hybridized carbons (Fsp3) is 0.615. The average molecular weight is 239 g/mol. The van der Waals surface area contributed by atoms with Crippen LogP contribution in [0.2, 0.25) is 0 Å². The molecule has 0 unspecified atom stereocenters. The van der Waals surface area contributed by atoms with E-state index in [-0.39, 0.29) is 5.76 Å². The molecule has 0 saturated heterocycles. The van der Waals surface area contributed by atoms with Gasteiger partial charge in [0, 0.05) is 5.56 Å². The zero-order valence-electron chi connectivity index (χ0n) is 10.8. The third kappa shape index (κ3) is 3.89. The molecule has 0 aliphatic carbocycles. The monoisotopic (exact) mass is 239 g/mol. The summed E-state index contributed by atoms with van der Waals surface area (Å²) in [6.07, 6.45) is 2.25. The second-order valence-electron chi connectivity index (χ2n) is 4.41. The zero-order chi connectivity index (χ0) is 12.8. The Morgan fingerprint density at radius 2 is 1.94 bits per heavy atom. The fourth-order valence-corrected chi connectivity index (χ4v) is 2.07. The summed E-state index contributed by atoms with van der Waals surface area (Å²) < 4.78 is 5.16. The highest BCUT2D eigenvalue weighted by molar-refractivity contribution is 5.82. The van der Waals surface area contributed by atoms with E-state index in [1.165, 1.54) is 4.90 Å². The average Bonchev–Trinajstić information content (AvgIpc) is 2.61. The van der Waals surface area contributed by atoms with Crippen molar-refractivity contribution in [1.29, 1.82) is 0 Å². The second kappa shape index (κ2) is 6.45. The van der Waals surface area contributed by atoms with Crippen molar-refractivity contribution in [2.24, 2.45) is 0 Å². The Balaban J connectivity index is 2.74. The standard InChI is InChI=1S/C13H21NO3/c1-4-6-14(7-5-2)9-11-8-12(13(15)16)17-10(11)3/h8H,4-7,9H2,1-3H3,(H,15,16). The quantitative estimate of drug-likeness (QED) is 0.737. The molecule has 0 radical (unpaired) electrons. The number of aryl methyl sites for hydroxylation is 1. The van der Waals surface area contributed by atoms with Crippen LogP contribution < -0.4 is 10.0 Å². The van der Waals surface area contributed by atoms with Crippen LogP contribution in [0, 0.1) is 6.92 Å². The van der Waals surface area contributed by atoms with E-state index in [4.69, 9.17) is 4.42 Å². The Labute approximate surface area is 102 Å². The van der Waals surface area contributed by atoms with Gasteiger partial charge in [0.1, 0.15) is 24.0 Å². The van der Waals surface area contributed by atoms with Gasteiger partial charge in [0.15, 0.2) is 0 Å². The molecule has 0 saturated carbocycles. The van der Waals surface area contributed by atoms with Crippen LogP contribution in [0.5, 0.6) is 0 Å². The van der Waals surface area contributed by atoms with E-state index in [1.54, 1.807) is 13.0 Å². The number of quaternary nitrogens is 1. The molecule has 4 heteroatoms. The largest absolute Gasteiger partial charge is 0.542 e. The number of carboxylic acids is 1. The van der Waals surface area contributed by atoms with E-state index < -0.39 is 5.97 Å². The van der Waals surface area contributed by atoms with Gasteiger partial charge in [0.05, 0.1) is 13.1 Å². The Morgan fingerprint density at radius 1 is 1.35 bits per heavy atom. The van der Waals surface area contributed by atoms with E-state index in [9.17, 15) is 9.90 Å². The van der Waals surface area contributed by atoms with Crippen molar-refractivity contribution in [2.75, 3.05) is 13.1 Å². The molecule has 4 nitrogen and oxygen atoms in total. The van der Waals surface area contributed by atoms with Crippen molar-refractivity contribution in [3.05, 3.63) is 23.2 Å². The molecule has 0 spiro atoms. The molecule has 1 rings (SSSR count). The first-order valence-electron chi connectivity index (χ1n) is 6.22. The summed E-state index contributed by atoms with van der Waals surface area (Å²) in [7, 11) is 0. The molecule has 17 heavy (non-hydrogen) atoms. The van der Waals surface area contributed by atoms with Gasteiger partial charge in [-0.3, -0.25) is 0 Å². The van der Waals surface area contributed by atoms with E-state index in [1.807, 2.05) is 0 Å². The van der Waals surface area contributed by atoms with Crippen molar-refractivity contribution in [1.82, 2.24) is 0 Å². The lowest BCUT2D eigenvalue weighted by atomic mass is 10.2. The van der Waals surface area contributed by atoms with Gasteiger partial charge >= 0.3 is 0 Å². The number of hydrogen-bond donors (Lipinski definition) is 1. The van der Waals surface area contributed by atoms with Crippen LogP contribution in [0.25, 0.3) is 0 Å². The van der Waals surface area contributed by atoms with Gasteiger partial charge in [-0.15, -0.1) is 0 Å². The Hall–Kier alpha value is -1.29. The van der Waals surface area contributed by atoms with Gasteiger partial charge in [0.2, 0.25) is 0 Å². The van der Waals surface area contributed by atoms with Crippen LogP contribution in [-0.4, -0.2) is 19.1 Å². The van der Waals surface area contributed by atoms with Crippen LogP contribution in [0.1, 0.15) is 48.6 Å². The van der Waals surface area contributed by atoms with Gasteiger partial charge in [-0.05, 0) is 25.8 Å². The molecule has 0 aromatic carbocycles. The number of carboxylic acid groups (broad SMARTS) is 1. The number of aromatic carboxylic acids is 1. The van der Waals surface area contributed by atoms with Crippen LogP contribution in [0.4, 0.5) is 0 Å². The molecule has 0 fully saturated rings. The van der Waals surface area contributed by atoms with Crippen molar-refractivity contribution in [3.8, 4) is 0 Å². The van der Waals surface area contributed by atoms with Crippen LogP contribution in [0.3, 0.4) is 0 Å². The number of furan rings is 1. The smallest absolute Gasteiger partial charge is 0.150 e. The van der Waals surface area contributed by atoms with Crippen LogP contribution in [0.15, 0.2) is 10.5 Å². The summed E-state index contributed by atoms with van der Waals surface area (Å²) in [6.45, 7) is 9.13. The molecule has 0 aliphatic rings. The van der Waals surface area contributed by atoms with Crippen molar-refractivity contribution in [3.63, 3.8) is 0 Å². The minimum absolute atomic E-state index is 0.0650. The Morgan fingerprint density at radius 3 is 2.35 bits per heavy atom. The maximum atomic E-state index is 10.7. The normalized spacial score (nSPS) is 11.1. The molecule has 1 aromatic rings. The van der Waals surface area contributed by atoms with E-state index in [2.05, 4.69) is 13.8 Å². The molecule has 0 amide bonds. The molecule has 0 aliphatic heterocycles. The Kier molecular flexibility index (Phi) is 5.22. The van der Waals surface area contributed by atoms with Crippen molar-refractivity contribution in [2.45, 2.75) is 40.2 Å². The summed E-state index contributed by atoms with van der Waals surface area (Å²) in [5, 5.41) is 10.7. The number of hydrogen-bond acceptors (Lipinski definition) is 3. The summed E-state index contributed by atoms with van der Waals surface area (Å²) in [4.78, 5) is 12.2. The van der Waals surface area contributed by atoms with Gasteiger partial charge in [0.25, 0.3) is 0 Å². The first kappa shape index (κ1) is 13.8. The van der Waals surface area contributed by atoms with Crippen molar-refractivity contribution >= 4 is 5.97 Å². The molecular weight excluding hydrogens is 218 g/mol. The number of nitrogens with one attached hydrogen (secondary N) is 1. The highest BCUT2D eigenvalue weighted by atomic mass is 16.4. The van der Waals surface area contributed by atoms with Gasteiger partial charge in [-0.1, -0.05) is 13.8 Å². The molecule has 1 aromatic heterocycles. The maximum absolute atomic E-state index is 10.7. The molecular formula is C13H21NO3. The molecule has 0 bridgehead atoms. The Bertz CT molecular complexity index is 365. The SMILES string of the molecule is CCC[NH+](CCC)Cc1cc(C(=O)[O-])oc1C. The van der Waals surface area contributed by atoms with Crippen molar-refractivity contribution < 1.29 is 19.2 Å². The van der Waals surface area contributed by atoms with Crippen LogP contribution in [-0.2, 0) is 6.54 Å². The number of carbonyl (C=O) groups is 1. The lowest BCUT2D eigenvalue weighted by Gasteiger charge is -2.17. The zero-order valence-corrected chi connectivity index (χ0v) is 10.8. The number of carbonyl (C=O) groups excluding carboxylic acids is 1. The first-order chi connectivity index (χ1) is 8.08. The topological polar surface area (TPSA) is 57.7 Å². The minimum atomic E-state index is -1.24. The van der Waals surface area contributed by atoms with Crippen LogP contribution >= 0.6 is 0 Å². The molecule has 1 heterocycles. The molecule has 0 atom stereocenters. The third-order valence-corrected chi connectivity index (χ3v) is 2.87. The molecule has 1 N–H and O–H groups in total. The summed E-state index contributed by atoms with van der Waals surface area (Å²) in [5.41, 5.74) is 0.973. The first-order valence-corrected chi connectivity index (χ1v) is 6.22.